The van der Waals surface area contributed by atoms with Crippen LogP contribution in [0, 0.1) is 0 Å². The minimum Gasteiger partial charge on any atom is -0.354 e. The Hall–Kier alpha value is -1.29. The topological polar surface area (TPSA) is 64.0 Å². The average molecular weight is 246 g/mol. The third-order valence-electron chi connectivity index (χ3n) is 1.55. The first kappa shape index (κ1) is 17.1. The SMILES string of the molecule is C=CN(C=C)CCN(C=C)C=C.O=[PH](O)O. The molecule has 6 heteroatoms. The molecule has 0 bridgehead atoms. The van der Waals surface area contributed by atoms with Crippen molar-refractivity contribution < 1.29 is 14.4 Å². The molecule has 0 aromatic rings. The maximum absolute atomic E-state index is 8.74. The maximum Gasteiger partial charge on any atom is 0.314 e. The zero-order valence-corrected chi connectivity index (χ0v) is 10.2. The van der Waals surface area contributed by atoms with E-state index in [1.165, 1.54) is 0 Å². The fourth-order valence-corrected chi connectivity index (χ4v) is 0.745. The van der Waals surface area contributed by atoms with Crippen molar-refractivity contribution >= 4 is 8.25 Å². The summed E-state index contributed by atoms with van der Waals surface area (Å²) in [5, 5.41) is 0. The van der Waals surface area contributed by atoms with Gasteiger partial charge in [-0.25, -0.2) is 0 Å². The molecule has 0 radical (unpaired) electrons. The first-order valence-corrected chi connectivity index (χ1v) is 5.75. The standard InChI is InChI=1S/C10H16N2.H3O3P/c1-5-11(6-2)9-10-12(7-3)8-4;1-4(2)3/h5-8H,1-4,9-10H2;4H,(H2,1,2,3). The molecule has 0 amide bonds. The van der Waals surface area contributed by atoms with Crippen LogP contribution in [-0.4, -0.2) is 32.7 Å². The second kappa shape index (κ2) is 11.8. The molecule has 0 spiro atoms. The second-order valence-electron chi connectivity index (χ2n) is 2.49. The molecule has 5 nitrogen and oxygen atoms in total. The minimum absolute atomic E-state index is 0.838. The molecule has 0 saturated heterocycles. The molecule has 0 rings (SSSR count). The van der Waals surface area contributed by atoms with Crippen LogP contribution in [0.15, 0.2) is 51.1 Å². The third-order valence-corrected chi connectivity index (χ3v) is 1.55. The van der Waals surface area contributed by atoms with Crippen molar-refractivity contribution in [3.8, 4) is 0 Å². The van der Waals surface area contributed by atoms with E-state index in [4.69, 9.17) is 14.4 Å². The fraction of sp³-hybridized carbons (Fsp3) is 0.200. The molecule has 0 heterocycles. The van der Waals surface area contributed by atoms with Gasteiger partial charge in [-0.1, -0.05) is 26.3 Å². The predicted octanol–water partition coefficient (Wildman–Crippen LogP) is 1.53. The quantitative estimate of drug-likeness (QED) is 0.667. The van der Waals surface area contributed by atoms with Crippen molar-refractivity contribution in [2.75, 3.05) is 13.1 Å². The van der Waals surface area contributed by atoms with E-state index in [2.05, 4.69) is 26.3 Å². The van der Waals surface area contributed by atoms with Gasteiger partial charge in [0.1, 0.15) is 0 Å². The lowest BCUT2D eigenvalue weighted by Gasteiger charge is -2.19. The molecule has 0 aromatic carbocycles. The van der Waals surface area contributed by atoms with E-state index in [1.807, 2.05) is 9.80 Å². The van der Waals surface area contributed by atoms with E-state index in [1.54, 1.807) is 24.8 Å². The van der Waals surface area contributed by atoms with Crippen LogP contribution in [0.5, 0.6) is 0 Å². The van der Waals surface area contributed by atoms with Crippen LogP contribution in [-0.2, 0) is 4.57 Å². The maximum atomic E-state index is 8.74. The Labute approximate surface area is 97.3 Å². The van der Waals surface area contributed by atoms with Gasteiger partial charge in [-0.05, 0) is 24.8 Å². The molecule has 0 unspecified atom stereocenters. The Balaban J connectivity index is 0. The largest absolute Gasteiger partial charge is 0.354 e. The van der Waals surface area contributed by atoms with Gasteiger partial charge in [-0.3, -0.25) is 4.57 Å². The average Bonchev–Trinajstić information content (AvgIpc) is 2.24. The minimum atomic E-state index is -3.13. The van der Waals surface area contributed by atoms with Crippen molar-refractivity contribution in [2.24, 2.45) is 0 Å². The smallest absolute Gasteiger partial charge is 0.314 e. The summed E-state index contributed by atoms with van der Waals surface area (Å²) < 4.78 is 8.74. The summed E-state index contributed by atoms with van der Waals surface area (Å²) in [7, 11) is -3.13. The van der Waals surface area contributed by atoms with E-state index in [9.17, 15) is 0 Å². The Bertz CT molecular complexity index is 216. The zero-order valence-electron chi connectivity index (χ0n) is 9.25. The van der Waals surface area contributed by atoms with E-state index in [-0.39, 0.29) is 0 Å². The van der Waals surface area contributed by atoms with Crippen LogP contribution < -0.4 is 0 Å². The summed E-state index contributed by atoms with van der Waals surface area (Å²) in [6.45, 7) is 16.3. The zero-order chi connectivity index (χ0) is 13.0. The molecule has 0 aliphatic heterocycles. The van der Waals surface area contributed by atoms with Gasteiger partial charge in [0.2, 0.25) is 0 Å². The van der Waals surface area contributed by atoms with Crippen LogP contribution in [0.1, 0.15) is 0 Å². The summed E-state index contributed by atoms with van der Waals surface area (Å²) >= 11 is 0. The lowest BCUT2D eigenvalue weighted by atomic mass is 10.5. The summed E-state index contributed by atoms with van der Waals surface area (Å²) in [4.78, 5) is 18.1. The Morgan fingerprint density at radius 3 is 1.19 bits per heavy atom. The molecule has 2 N–H and O–H groups in total. The van der Waals surface area contributed by atoms with Crippen LogP contribution in [0.4, 0.5) is 0 Å². The molecule has 0 saturated carbocycles. The van der Waals surface area contributed by atoms with Crippen LogP contribution in [0.25, 0.3) is 0 Å². The van der Waals surface area contributed by atoms with E-state index in [0.717, 1.165) is 13.1 Å². The molecule has 0 aromatic heterocycles. The lowest BCUT2D eigenvalue weighted by Crippen LogP contribution is -2.22. The summed E-state index contributed by atoms with van der Waals surface area (Å²) in [6.07, 6.45) is 6.93. The molecule has 0 aliphatic carbocycles. The van der Waals surface area contributed by atoms with Crippen molar-refractivity contribution in [1.29, 1.82) is 0 Å². The predicted molar refractivity (Wildman–Crippen MR) is 67.6 cm³/mol. The Kier molecular flexibility index (Phi) is 12.6. The normalized spacial score (nSPS) is 8.44. The highest BCUT2D eigenvalue weighted by atomic mass is 31.1. The monoisotopic (exact) mass is 246 g/mol. The fourth-order valence-electron chi connectivity index (χ4n) is 0.745. The van der Waals surface area contributed by atoms with Crippen LogP contribution in [0.3, 0.4) is 0 Å². The van der Waals surface area contributed by atoms with Gasteiger partial charge < -0.3 is 19.6 Å². The molecule has 0 aliphatic rings. The molecule has 0 fully saturated rings. The highest BCUT2D eigenvalue weighted by Crippen LogP contribution is 1.98. The number of hydrogen-bond donors (Lipinski definition) is 2. The highest BCUT2D eigenvalue weighted by molar-refractivity contribution is 7.30. The van der Waals surface area contributed by atoms with E-state index >= 15 is 0 Å². The Morgan fingerprint density at radius 1 is 0.875 bits per heavy atom. The van der Waals surface area contributed by atoms with Gasteiger partial charge in [-0.2, -0.15) is 0 Å². The summed E-state index contributed by atoms with van der Waals surface area (Å²) in [5.74, 6) is 0. The molecule has 16 heavy (non-hydrogen) atoms. The number of hydrogen-bond acceptors (Lipinski definition) is 3. The second-order valence-corrected chi connectivity index (χ2v) is 3.05. The van der Waals surface area contributed by atoms with E-state index < -0.39 is 8.25 Å². The van der Waals surface area contributed by atoms with Crippen LogP contribution in [0.2, 0.25) is 0 Å². The Morgan fingerprint density at radius 2 is 1.06 bits per heavy atom. The van der Waals surface area contributed by atoms with Gasteiger partial charge >= 0.3 is 8.25 Å². The van der Waals surface area contributed by atoms with Crippen molar-refractivity contribution in [1.82, 2.24) is 9.80 Å². The summed E-state index contributed by atoms with van der Waals surface area (Å²) in [6, 6.07) is 0. The van der Waals surface area contributed by atoms with Crippen molar-refractivity contribution in [3.05, 3.63) is 51.1 Å². The molecule has 0 atom stereocenters. The lowest BCUT2D eigenvalue weighted by molar-refractivity contribution is 0.405. The highest BCUT2D eigenvalue weighted by Gasteiger charge is 1.94. The van der Waals surface area contributed by atoms with Crippen molar-refractivity contribution in [2.45, 2.75) is 0 Å². The molecule has 92 valence electrons. The first-order chi connectivity index (χ1) is 7.51. The molecular formula is C10H19N2O3P. The van der Waals surface area contributed by atoms with Gasteiger partial charge in [-0.15, -0.1) is 0 Å². The van der Waals surface area contributed by atoms with Gasteiger partial charge in [0.05, 0.1) is 0 Å². The van der Waals surface area contributed by atoms with Gasteiger partial charge in [0, 0.05) is 13.1 Å². The summed E-state index contributed by atoms with van der Waals surface area (Å²) in [5.41, 5.74) is 0. The van der Waals surface area contributed by atoms with Gasteiger partial charge in [0.25, 0.3) is 0 Å². The number of rotatable bonds is 7. The molecular weight excluding hydrogens is 227 g/mol. The van der Waals surface area contributed by atoms with Crippen molar-refractivity contribution in [3.63, 3.8) is 0 Å². The van der Waals surface area contributed by atoms with Crippen LogP contribution >= 0.6 is 8.25 Å². The van der Waals surface area contributed by atoms with Gasteiger partial charge in [0.15, 0.2) is 0 Å². The van der Waals surface area contributed by atoms with E-state index in [0.29, 0.717) is 0 Å². The third kappa shape index (κ3) is 12.7. The number of nitrogens with zero attached hydrogens (tertiary/aromatic N) is 2. The first-order valence-electron chi connectivity index (χ1n) is 4.45.